The molecular weight excluding hydrogens is 524 g/mol. The molecule has 1 atom stereocenters. The fourth-order valence-electron chi connectivity index (χ4n) is 3.86. The van der Waals surface area contributed by atoms with Crippen LogP contribution in [0.15, 0.2) is 48.8 Å². The smallest absolute Gasteiger partial charge is 0.255 e. The number of rotatable bonds is 7. The summed E-state index contributed by atoms with van der Waals surface area (Å²) in [7, 11) is -0.186. The van der Waals surface area contributed by atoms with Gasteiger partial charge in [-0.05, 0) is 59.9 Å². The van der Waals surface area contributed by atoms with Crippen LogP contribution in [0.4, 0.5) is 22.9 Å². The first kappa shape index (κ1) is 27.3. The van der Waals surface area contributed by atoms with Crippen LogP contribution in [0.2, 0.25) is 5.15 Å². The zero-order chi connectivity index (χ0) is 27.6. The molecule has 198 valence electrons. The Balaban J connectivity index is 1.69. The number of ether oxygens (including phenoxy) is 1. The first-order chi connectivity index (χ1) is 18.0. The number of amides is 1. The van der Waals surface area contributed by atoms with Gasteiger partial charge in [-0.2, -0.15) is 0 Å². The number of hydrogen-bond acceptors (Lipinski definition) is 7. The third kappa shape index (κ3) is 6.03. The van der Waals surface area contributed by atoms with E-state index >= 15 is 0 Å². The van der Waals surface area contributed by atoms with Crippen molar-refractivity contribution in [2.45, 2.75) is 33.1 Å². The Labute approximate surface area is 229 Å². The molecule has 0 fully saturated rings. The van der Waals surface area contributed by atoms with Crippen LogP contribution in [0.5, 0.6) is 5.75 Å². The van der Waals surface area contributed by atoms with Crippen LogP contribution in [0.25, 0.3) is 11.0 Å². The van der Waals surface area contributed by atoms with E-state index in [4.69, 9.17) is 16.3 Å². The van der Waals surface area contributed by atoms with Crippen LogP contribution in [-0.2, 0) is 20.6 Å². The Morgan fingerprint density at radius 2 is 1.76 bits per heavy atom. The van der Waals surface area contributed by atoms with Gasteiger partial charge in [0.1, 0.15) is 28.9 Å². The predicted molar refractivity (Wildman–Crippen MR) is 155 cm³/mol. The molecule has 0 saturated heterocycles. The molecule has 0 aliphatic heterocycles. The number of carbonyl (C=O) groups excluding carboxylic acids is 1. The second kappa shape index (κ2) is 10.9. The van der Waals surface area contributed by atoms with Gasteiger partial charge in [-0.1, -0.05) is 42.6 Å². The van der Waals surface area contributed by atoms with Gasteiger partial charge < -0.3 is 15.4 Å². The SMILES string of the molecule is COc1c(NC(=O)c2ccc(C)c(Nc3ncnc4ccc(Cl)nc34)c2)cc(C(C)(C)C)cc1N[SH+](C)=O. The van der Waals surface area contributed by atoms with E-state index in [0.717, 1.165) is 11.1 Å². The van der Waals surface area contributed by atoms with Crippen molar-refractivity contribution in [2.75, 3.05) is 28.7 Å². The molecule has 2 aromatic heterocycles. The molecule has 2 aromatic carbocycles. The number of benzene rings is 2. The molecule has 9 nitrogen and oxygen atoms in total. The number of halogens is 1. The number of pyridine rings is 1. The Bertz CT molecular complexity index is 1550. The fourth-order valence-corrected chi connectivity index (χ4v) is 4.51. The molecule has 2 heterocycles. The highest BCUT2D eigenvalue weighted by molar-refractivity contribution is 7.85. The maximum absolute atomic E-state index is 13.4. The number of carbonyl (C=O) groups is 1. The lowest BCUT2D eigenvalue weighted by Crippen LogP contribution is -2.17. The largest absolute Gasteiger partial charge is 0.492 e. The molecule has 1 amide bonds. The van der Waals surface area contributed by atoms with Gasteiger partial charge in [0.05, 0.1) is 18.3 Å². The second-order valence-electron chi connectivity index (χ2n) is 9.80. The van der Waals surface area contributed by atoms with E-state index in [1.54, 1.807) is 30.5 Å². The molecular formula is C27H30ClN6O3S+. The third-order valence-corrected chi connectivity index (χ3v) is 6.65. The molecule has 4 rings (SSSR count). The van der Waals surface area contributed by atoms with E-state index in [9.17, 15) is 9.00 Å². The van der Waals surface area contributed by atoms with E-state index in [-0.39, 0.29) is 11.3 Å². The molecule has 0 radical (unpaired) electrons. The number of anilines is 4. The van der Waals surface area contributed by atoms with Crippen LogP contribution in [0, 0.1) is 6.92 Å². The molecule has 0 saturated carbocycles. The van der Waals surface area contributed by atoms with Crippen molar-refractivity contribution in [3.8, 4) is 5.75 Å². The third-order valence-electron chi connectivity index (χ3n) is 5.89. The van der Waals surface area contributed by atoms with Gasteiger partial charge in [0, 0.05) is 11.3 Å². The van der Waals surface area contributed by atoms with Crippen LogP contribution in [-0.4, -0.2) is 34.2 Å². The zero-order valence-corrected chi connectivity index (χ0v) is 23.7. The van der Waals surface area contributed by atoms with E-state index in [1.165, 1.54) is 13.4 Å². The second-order valence-corrected chi connectivity index (χ2v) is 11.4. The quantitative estimate of drug-likeness (QED) is 0.147. The van der Waals surface area contributed by atoms with Crippen LogP contribution >= 0.6 is 11.6 Å². The highest BCUT2D eigenvalue weighted by Gasteiger charge is 2.22. The summed E-state index contributed by atoms with van der Waals surface area (Å²) in [6.45, 7) is 8.11. The van der Waals surface area contributed by atoms with Gasteiger partial charge in [-0.3, -0.25) is 4.79 Å². The molecule has 11 heteroatoms. The minimum absolute atomic E-state index is 0.222. The first-order valence-electron chi connectivity index (χ1n) is 11.8. The van der Waals surface area contributed by atoms with E-state index < -0.39 is 11.0 Å². The lowest BCUT2D eigenvalue weighted by Gasteiger charge is -2.23. The standard InChI is InChI=1S/C27H29ClN6O3S/c1-15-7-8-16(11-19(15)31-25-23-18(29-14-30-25)9-10-22(28)33-23)26(35)32-20-12-17(27(2,3)4)13-21(24(20)37-5)34-38(6)36/h7-14H,1-6H3,(H,32,35)(H,34,36)(H,29,30,31)/p+1. The van der Waals surface area contributed by atoms with Crippen LogP contribution < -0.4 is 20.1 Å². The summed E-state index contributed by atoms with van der Waals surface area (Å²) >= 11 is 6.09. The van der Waals surface area contributed by atoms with E-state index in [0.29, 0.717) is 50.4 Å². The number of hydrogen-bond donors (Lipinski definition) is 3. The number of nitrogens with one attached hydrogen (secondary N) is 3. The normalized spacial score (nSPS) is 12.2. The number of nitrogens with zero attached hydrogens (tertiary/aromatic N) is 3. The summed E-state index contributed by atoms with van der Waals surface area (Å²) in [5.41, 5.74) is 4.91. The average Bonchev–Trinajstić information content (AvgIpc) is 2.84. The minimum atomic E-state index is -1.70. The van der Waals surface area contributed by atoms with Crippen molar-refractivity contribution in [2.24, 2.45) is 0 Å². The van der Waals surface area contributed by atoms with E-state index in [1.807, 2.05) is 25.1 Å². The predicted octanol–water partition coefficient (Wildman–Crippen LogP) is 5.94. The Kier molecular flexibility index (Phi) is 7.84. The molecule has 4 aromatic rings. The van der Waals surface area contributed by atoms with Crippen molar-refractivity contribution in [3.63, 3.8) is 0 Å². The molecule has 3 N–H and O–H groups in total. The minimum Gasteiger partial charge on any atom is -0.492 e. The monoisotopic (exact) mass is 553 g/mol. The number of aryl methyl sites for hydroxylation is 1. The topological polar surface area (TPSA) is 118 Å². The average molecular weight is 554 g/mol. The number of thiol groups is 1. The molecule has 1 unspecified atom stereocenters. The summed E-state index contributed by atoms with van der Waals surface area (Å²) in [6, 6.07) is 12.5. The summed E-state index contributed by atoms with van der Waals surface area (Å²) < 4.78 is 20.5. The Morgan fingerprint density at radius 1 is 1.03 bits per heavy atom. The Hall–Kier alpha value is -3.76. The van der Waals surface area contributed by atoms with Crippen molar-refractivity contribution in [1.29, 1.82) is 0 Å². The van der Waals surface area contributed by atoms with Gasteiger partial charge in [-0.15, -0.1) is 0 Å². The van der Waals surface area contributed by atoms with Gasteiger partial charge >= 0.3 is 0 Å². The maximum atomic E-state index is 13.4. The van der Waals surface area contributed by atoms with Crippen molar-refractivity contribution in [1.82, 2.24) is 15.0 Å². The van der Waals surface area contributed by atoms with Crippen molar-refractivity contribution >= 4 is 62.4 Å². The van der Waals surface area contributed by atoms with Crippen molar-refractivity contribution < 1.29 is 13.7 Å². The highest BCUT2D eigenvalue weighted by Crippen LogP contribution is 2.39. The lowest BCUT2D eigenvalue weighted by atomic mass is 9.86. The molecule has 0 bridgehead atoms. The molecule has 0 aliphatic carbocycles. The van der Waals surface area contributed by atoms with Crippen LogP contribution in [0.3, 0.4) is 0 Å². The van der Waals surface area contributed by atoms with Gasteiger partial charge in [0.2, 0.25) is 0 Å². The number of fused-ring (bicyclic) bond motifs is 1. The molecule has 0 spiro atoms. The van der Waals surface area contributed by atoms with Gasteiger partial charge in [-0.25, -0.2) is 19.7 Å². The Morgan fingerprint density at radius 3 is 2.45 bits per heavy atom. The summed E-state index contributed by atoms with van der Waals surface area (Å²) in [5.74, 6) is 0.539. The number of methoxy groups -OCH3 is 1. The summed E-state index contributed by atoms with van der Waals surface area (Å²) in [6.07, 6.45) is 3.01. The molecule has 0 aliphatic rings. The summed E-state index contributed by atoms with van der Waals surface area (Å²) in [4.78, 5) is 26.3. The van der Waals surface area contributed by atoms with E-state index in [2.05, 4.69) is 51.1 Å². The molecule has 38 heavy (non-hydrogen) atoms. The maximum Gasteiger partial charge on any atom is 0.255 e. The lowest BCUT2D eigenvalue weighted by molar-refractivity contribution is 0.102. The van der Waals surface area contributed by atoms with Crippen molar-refractivity contribution in [3.05, 3.63) is 70.6 Å². The number of aromatic nitrogens is 3. The first-order valence-corrected chi connectivity index (χ1v) is 13.9. The zero-order valence-electron chi connectivity index (χ0n) is 22.0. The summed E-state index contributed by atoms with van der Waals surface area (Å²) in [5, 5.41) is 6.56. The van der Waals surface area contributed by atoms with Gasteiger partial charge in [0.15, 0.2) is 22.6 Å². The van der Waals surface area contributed by atoms with Crippen LogP contribution in [0.1, 0.15) is 42.3 Å². The van der Waals surface area contributed by atoms with Gasteiger partial charge in [0.25, 0.3) is 5.91 Å². The highest BCUT2D eigenvalue weighted by atomic mass is 35.5. The fraction of sp³-hybridized carbons (Fsp3) is 0.259.